The molecule has 0 aliphatic heterocycles. The monoisotopic (exact) mass is 352 g/mol. The number of aliphatic hydroxyl groups excluding tert-OH is 1. The molecule has 0 bridgehead atoms. The number of aryl methyl sites for hydroxylation is 3. The maximum absolute atomic E-state index is 9.88. The second-order valence-electron chi connectivity index (χ2n) is 5.17. The SMILES string of the molecule is CCn1nc(C)c(Br)c1COc1ccc(C)cc1C(C)O. The standard InChI is InChI=1S/C16H21BrN2O2/c1-5-19-14(16(17)11(3)18-19)9-21-15-7-6-10(2)8-13(15)12(4)20/h6-8,12,20H,5,9H2,1-4H3. The Kier molecular flexibility index (Phi) is 5.06. The summed E-state index contributed by atoms with van der Waals surface area (Å²) in [5.41, 5.74) is 3.88. The van der Waals surface area contributed by atoms with Gasteiger partial charge >= 0.3 is 0 Å². The summed E-state index contributed by atoms with van der Waals surface area (Å²) in [4.78, 5) is 0. The summed E-state index contributed by atoms with van der Waals surface area (Å²) in [5.74, 6) is 0.712. The summed E-state index contributed by atoms with van der Waals surface area (Å²) >= 11 is 3.56. The van der Waals surface area contributed by atoms with Crippen LogP contribution in [0.15, 0.2) is 22.7 Å². The highest BCUT2D eigenvalue weighted by Crippen LogP contribution is 2.28. The molecule has 0 saturated heterocycles. The Morgan fingerprint density at radius 1 is 1.38 bits per heavy atom. The van der Waals surface area contributed by atoms with Gasteiger partial charge in [0.05, 0.1) is 22.0 Å². The van der Waals surface area contributed by atoms with Gasteiger partial charge in [0.15, 0.2) is 0 Å². The zero-order valence-corrected chi connectivity index (χ0v) is 14.4. The molecule has 0 fully saturated rings. The molecule has 5 heteroatoms. The van der Waals surface area contributed by atoms with Crippen LogP contribution in [0.4, 0.5) is 0 Å². The predicted octanol–water partition coefficient (Wildman–Crippen LogP) is 3.91. The van der Waals surface area contributed by atoms with Crippen LogP contribution in [0.3, 0.4) is 0 Å². The van der Waals surface area contributed by atoms with E-state index in [1.54, 1.807) is 6.92 Å². The van der Waals surface area contributed by atoms with Gasteiger partial charge in [-0.3, -0.25) is 4.68 Å². The summed E-state index contributed by atoms with van der Waals surface area (Å²) in [6.45, 7) is 8.97. The van der Waals surface area contributed by atoms with Gasteiger partial charge in [-0.15, -0.1) is 0 Å². The molecule has 114 valence electrons. The fourth-order valence-corrected chi connectivity index (χ4v) is 2.68. The van der Waals surface area contributed by atoms with Crippen molar-refractivity contribution >= 4 is 15.9 Å². The molecule has 1 atom stereocenters. The minimum Gasteiger partial charge on any atom is -0.487 e. The van der Waals surface area contributed by atoms with Crippen molar-refractivity contribution in [1.82, 2.24) is 9.78 Å². The number of halogens is 1. The lowest BCUT2D eigenvalue weighted by Gasteiger charge is -2.15. The van der Waals surface area contributed by atoms with Crippen molar-refractivity contribution in [3.05, 3.63) is 45.2 Å². The molecule has 1 N–H and O–H groups in total. The van der Waals surface area contributed by atoms with Gasteiger partial charge in [-0.1, -0.05) is 11.6 Å². The Morgan fingerprint density at radius 3 is 2.71 bits per heavy atom. The molecule has 0 amide bonds. The Labute approximate surface area is 133 Å². The van der Waals surface area contributed by atoms with E-state index in [1.807, 2.05) is 36.7 Å². The largest absolute Gasteiger partial charge is 0.487 e. The molecule has 0 aliphatic carbocycles. The lowest BCUT2D eigenvalue weighted by molar-refractivity contribution is 0.189. The van der Waals surface area contributed by atoms with Crippen LogP contribution >= 0.6 is 15.9 Å². The molecule has 0 spiro atoms. The molecule has 2 aromatic rings. The van der Waals surface area contributed by atoms with E-state index in [1.165, 1.54) is 0 Å². The van der Waals surface area contributed by atoms with Crippen LogP contribution in [-0.2, 0) is 13.2 Å². The summed E-state index contributed by atoms with van der Waals surface area (Å²) in [6.07, 6.45) is -0.554. The number of hydrogen-bond acceptors (Lipinski definition) is 3. The predicted molar refractivity (Wildman–Crippen MR) is 86.5 cm³/mol. The molecule has 1 aromatic carbocycles. The molecule has 2 rings (SSSR count). The van der Waals surface area contributed by atoms with Crippen molar-refractivity contribution < 1.29 is 9.84 Å². The molecule has 1 aromatic heterocycles. The summed E-state index contributed by atoms with van der Waals surface area (Å²) in [7, 11) is 0. The molecular weight excluding hydrogens is 332 g/mol. The highest BCUT2D eigenvalue weighted by Gasteiger charge is 2.15. The van der Waals surface area contributed by atoms with Gasteiger partial charge in [-0.05, 0) is 55.8 Å². The van der Waals surface area contributed by atoms with Gasteiger partial charge in [0.1, 0.15) is 12.4 Å². The maximum atomic E-state index is 9.88. The van der Waals surface area contributed by atoms with E-state index < -0.39 is 6.10 Å². The Balaban J connectivity index is 2.25. The summed E-state index contributed by atoms with van der Waals surface area (Å²) < 4.78 is 8.83. The third kappa shape index (κ3) is 3.47. The van der Waals surface area contributed by atoms with E-state index >= 15 is 0 Å². The number of nitrogens with zero attached hydrogens (tertiary/aromatic N) is 2. The zero-order chi connectivity index (χ0) is 15.6. The van der Waals surface area contributed by atoms with Gasteiger partial charge < -0.3 is 9.84 Å². The Hall–Kier alpha value is -1.33. The number of rotatable bonds is 5. The smallest absolute Gasteiger partial charge is 0.131 e. The lowest BCUT2D eigenvalue weighted by Crippen LogP contribution is -2.08. The van der Waals surface area contributed by atoms with Crippen molar-refractivity contribution in [3.8, 4) is 5.75 Å². The first-order valence-corrected chi connectivity index (χ1v) is 7.86. The van der Waals surface area contributed by atoms with E-state index in [-0.39, 0.29) is 0 Å². The lowest BCUT2D eigenvalue weighted by atomic mass is 10.1. The van der Waals surface area contributed by atoms with Crippen molar-refractivity contribution in [3.63, 3.8) is 0 Å². The van der Waals surface area contributed by atoms with Crippen LogP contribution in [0, 0.1) is 13.8 Å². The highest BCUT2D eigenvalue weighted by molar-refractivity contribution is 9.10. The van der Waals surface area contributed by atoms with Crippen molar-refractivity contribution in [2.24, 2.45) is 0 Å². The molecule has 0 saturated carbocycles. The molecule has 1 heterocycles. The first-order valence-electron chi connectivity index (χ1n) is 7.07. The third-order valence-corrected chi connectivity index (χ3v) is 4.46. The quantitative estimate of drug-likeness (QED) is 0.887. The summed E-state index contributed by atoms with van der Waals surface area (Å²) in [5, 5.41) is 14.3. The van der Waals surface area contributed by atoms with Gasteiger partial charge in [-0.2, -0.15) is 5.10 Å². The maximum Gasteiger partial charge on any atom is 0.131 e. The first kappa shape index (κ1) is 16.0. The topological polar surface area (TPSA) is 47.3 Å². The van der Waals surface area contributed by atoms with Crippen molar-refractivity contribution in [1.29, 1.82) is 0 Å². The molecule has 0 aliphatic rings. The van der Waals surface area contributed by atoms with Gasteiger partial charge in [0.25, 0.3) is 0 Å². The number of aromatic nitrogens is 2. The Morgan fingerprint density at radius 2 is 2.10 bits per heavy atom. The minimum absolute atomic E-state index is 0.415. The average Bonchev–Trinajstić information content (AvgIpc) is 2.72. The van der Waals surface area contributed by atoms with E-state index in [0.717, 1.165) is 33.5 Å². The van der Waals surface area contributed by atoms with E-state index in [2.05, 4.69) is 28.0 Å². The van der Waals surface area contributed by atoms with Crippen LogP contribution in [0.1, 0.15) is 42.5 Å². The van der Waals surface area contributed by atoms with Crippen molar-refractivity contribution in [2.45, 2.75) is 47.0 Å². The molecule has 4 nitrogen and oxygen atoms in total. The van der Waals surface area contributed by atoms with Gasteiger partial charge in [0, 0.05) is 12.1 Å². The van der Waals surface area contributed by atoms with Gasteiger partial charge in [-0.25, -0.2) is 0 Å². The molecule has 21 heavy (non-hydrogen) atoms. The number of aliphatic hydroxyl groups is 1. The number of ether oxygens (including phenoxy) is 1. The average molecular weight is 353 g/mol. The van der Waals surface area contributed by atoms with Crippen molar-refractivity contribution in [2.75, 3.05) is 0 Å². The van der Waals surface area contributed by atoms with Crippen LogP contribution in [0.5, 0.6) is 5.75 Å². The van der Waals surface area contributed by atoms with E-state index in [0.29, 0.717) is 12.4 Å². The fourth-order valence-electron chi connectivity index (χ4n) is 2.28. The normalized spacial score (nSPS) is 12.5. The van der Waals surface area contributed by atoms with Crippen LogP contribution < -0.4 is 4.74 Å². The number of benzene rings is 1. The summed E-state index contributed by atoms with van der Waals surface area (Å²) in [6, 6.07) is 5.85. The highest BCUT2D eigenvalue weighted by atomic mass is 79.9. The number of hydrogen-bond donors (Lipinski definition) is 1. The van der Waals surface area contributed by atoms with Crippen LogP contribution in [0.2, 0.25) is 0 Å². The van der Waals surface area contributed by atoms with Crippen LogP contribution in [0.25, 0.3) is 0 Å². The van der Waals surface area contributed by atoms with E-state index in [4.69, 9.17) is 4.74 Å². The van der Waals surface area contributed by atoms with E-state index in [9.17, 15) is 5.11 Å². The molecular formula is C16H21BrN2O2. The zero-order valence-electron chi connectivity index (χ0n) is 12.9. The Bertz CT molecular complexity index is 635. The minimum atomic E-state index is -0.554. The second-order valence-corrected chi connectivity index (χ2v) is 5.96. The second kappa shape index (κ2) is 6.62. The van der Waals surface area contributed by atoms with Gasteiger partial charge in [0.2, 0.25) is 0 Å². The fraction of sp³-hybridized carbons (Fsp3) is 0.438. The molecule has 0 radical (unpaired) electrons. The third-order valence-electron chi connectivity index (χ3n) is 3.43. The molecule has 1 unspecified atom stereocenters. The first-order chi connectivity index (χ1) is 9.93. The van der Waals surface area contributed by atoms with Crippen LogP contribution in [-0.4, -0.2) is 14.9 Å².